The third-order valence-corrected chi connectivity index (χ3v) is 5.50. The molecule has 2 aromatic carbocycles. The van der Waals surface area contributed by atoms with Crippen molar-refractivity contribution in [3.05, 3.63) is 82.9 Å². The van der Waals surface area contributed by atoms with Crippen LogP contribution in [0.3, 0.4) is 0 Å². The van der Waals surface area contributed by atoms with Crippen LogP contribution in [0.25, 0.3) is 0 Å². The van der Waals surface area contributed by atoms with Gasteiger partial charge in [-0.05, 0) is 28.8 Å². The van der Waals surface area contributed by atoms with Gasteiger partial charge in [0.25, 0.3) is 11.8 Å². The van der Waals surface area contributed by atoms with Gasteiger partial charge in [0.15, 0.2) is 0 Å². The topological polar surface area (TPSA) is 122 Å². The van der Waals surface area contributed by atoms with Crippen LogP contribution in [0.4, 0.5) is 0 Å². The van der Waals surface area contributed by atoms with Gasteiger partial charge >= 0.3 is 0 Å². The number of nitrogens with zero attached hydrogens (tertiary/aromatic N) is 1. The molecule has 0 aliphatic carbocycles. The summed E-state index contributed by atoms with van der Waals surface area (Å²) < 4.78 is 0. The number of benzene rings is 2. The number of rotatable bonds is 6. The van der Waals surface area contributed by atoms with Crippen LogP contribution in [0.5, 0.6) is 0 Å². The van der Waals surface area contributed by atoms with E-state index in [1.165, 1.54) is 17.1 Å². The first-order valence-electron chi connectivity index (χ1n) is 9.96. The molecule has 0 aromatic heterocycles. The van der Waals surface area contributed by atoms with Crippen LogP contribution in [0.2, 0.25) is 0 Å². The number of nitrogens with one attached hydrogen (secondary N) is 2. The summed E-state index contributed by atoms with van der Waals surface area (Å²) in [5, 5.41) is 5.12. The molecule has 8 nitrogen and oxygen atoms in total. The van der Waals surface area contributed by atoms with Crippen molar-refractivity contribution < 1.29 is 19.2 Å². The van der Waals surface area contributed by atoms with Crippen LogP contribution >= 0.6 is 0 Å². The molecule has 4 N–H and O–H groups in total. The van der Waals surface area contributed by atoms with Crippen molar-refractivity contribution in [2.24, 2.45) is 5.73 Å². The molecular formula is C23H22N4O4. The maximum absolute atomic E-state index is 12.7. The lowest BCUT2D eigenvalue weighted by Gasteiger charge is -2.25. The summed E-state index contributed by atoms with van der Waals surface area (Å²) in [7, 11) is 0. The van der Waals surface area contributed by atoms with Gasteiger partial charge in [0.2, 0.25) is 11.8 Å². The Morgan fingerprint density at radius 3 is 2.65 bits per heavy atom. The second kappa shape index (κ2) is 8.53. The molecule has 4 rings (SSSR count). The maximum atomic E-state index is 12.7. The number of nitrogens with two attached hydrogens (primary N) is 1. The van der Waals surface area contributed by atoms with Gasteiger partial charge in [-0.15, -0.1) is 0 Å². The van der Waals surface area contributed by atoms with E-state index in [0.29, 0.717) is 12.1 Å². The molecule has 2 aromatic rings. The average molecular weight is 418 g/mol. The molecule has 0 saturated carbocycles. The number of imide groups is 1. The summed E-state index contributed by atoms with van der Waals surface area (Å²) in [5.41, 5.74) is 8.78. The van der Waals surface area contributed by atoms with Gasteiger partial charge in [-0.2, -0.15) is 0 Å². The fourth-order valence-electron chi connectivity index (χ4n) is 3.87. The minimum absolute atomic E-state index is 0.166. The molecular weight excluding hydrogens is 396 g/mol. The molecule has 4 amide bonds. The van der Waals surface area contributed by atoms with Gasteiger partial charge in [0.05, 0.1) is 5.92 Å². The minimum atomic E-state index is -0.822. The number of hydrogen-bond donors (Lipinski definition) is 3. The fourth-order valence-corrected chi connectivity index (χ4v) is 3.87. The Bertz CT molecular complexity index is 1080. The molecule has 2 unspecified atom stereocenters. The lowest BCUT2D eigenvalue weighted by atomic mass is 9.98. The Balaban J connectivity index is 1.44. The van der Waals surface area contributed by atoms with E-state index in [4.69, 9.17) is 5.73 Å². The van der Waals surface area contributed by atoms with Crippen LogP contribution in [0.1, 0.15) is 33.0 Å². The lowest BCUT2D eigenvalue weighted by Crippen LogP contribution is -2.49. The van der Waals surface area contributed by atoms with E-state index in [-0.39, 0.29) is 24.9 Å². The van der Waals surface area contributed by atoms with Crippen LogP contribution in [0, 0.1) is 0 Å². The second-order valence-corrected chi connectivity index (χ2v) is 7.50. The van der Waals surface area contributed by atoms with E-state index in [1.54, 1.807) is 12.1 Å². The predicted octanol–water partition coefficient (Wildman–Crippen LogP) is 0.582. The zero-order chi connectivity index (χ0) is 22.0. The Labute approximate surface area is 179 Å². The van der Waals surface area contributed by atoms with Crippen molar-refractivity contribution in [1.29, 1.82) is 0 Å². The average Bonchev–Trinajstić information content (AvgIpc) is 3.09. The summed E-state index contributed by atoms with van der Waals surface area (Å²) >= 11 is 0. The first-order valence-corrected chi connectivity index (χ1v) is 9.96. The molecule has 2 heterocycles. The van der Waals surface area contributed by atoms with Crippen LogP contribution in [0.15, 0.2) is 60.7 Å². The number of amides is 4. The molecule has 0 radical (unpaired) electrons. The Morgan fingerprint density at radius 2 is 1.94 bits per heavy atom. The second-order valence-electron chi connectivity index (χ2n) is 7.50. The van der Waals surface area contributed by atoms with Crippen LogP contribution in [-0.2, 0) is 27.5 Å². The van der Waals surface area contributed by atoms with Crippen molar-refractivity contribution in [2.45, 2.75) is 25.0 Å². The van der Waals surface area contributed by atoms with Crippen molar-refractivity contribution in [3.63, 3.8) is 0 Å². The van der Waals surface area contributed by atoms with Gasteiger partial charge in [-0.3, -0.25) is 24.5 Å². The van der Waals surface area contributed by atoms with Gasteiger partial charge < -0.3 is 16.0 Å². The molecule has 2 aliphatic rings. The summed E-state index contributed by atoms with van der Waals surface area (Å²) in [6.07, 6.45) is 2.69. The molecule has 2 atom stereocenters. The molecule has 0 spiro atoms. The van der Waals surface area contributed by atoms with E-state index in [9.17, 15) is 19.2 Å². The first kappa shape index (κ1) is 20.5. The molecule has 158 valence electrons. The quantitative estimate of drug-likeness (QED) is 0.593. The Kier molecular flexibility index (Phi) is 5.64. The van der Waals surface area contributed by atoms with Gasteiger partial charge in [0, 0.05) is 31.3 Å². The van der Waals surface area contributed by atoms with E-state index in [1.807, 2.05) is 36.4 Å². The highest BCUT2D eigenvalue weighted by atomic mass is 16.2. The van der Waals surface area contributed by atoms with E-state index >= 15 is 0 Å². The van der Waals surface area contributed by atoms with Crippen LogP contribution in [-0.4, -0.2) is 41.1 Å². The SMILES string of the molecule is NCC(C(=O)NCc1ccc2c(c1)CN(C1C=CC(=O)NC1=O)C2=O)c1ccccc1. The first-order chi connectivity index (χ1) is 15.0. The van der Waals surface area contributed by atoms with E-state index < -0.39 is 23.8 Å². The summed E-state index contributed by atoms with van der Waals surface area (Å²) in [5.74, 6) is -1.88. The molecule has 0 bridgehead atoms. The number of hydrogen-bond acceptors (Lipinski definition) is 5. The molecule has 31 heavy (non-hydrogen) atoms. The highest BCUT2D eigenvalue weighted by Crippen LogP contribution is 2.27. The number of carbonyl (C=O) groups is 4. The smallest absolute Gasteiger partial charge is 0.255 e. The monoisotopic (exact) mass is 418 g/mol. The predicted molar refractivity (Wildman–Crippen MR) is 112 cm³/mol. The number of carbonyl (C=O) groups excluding carboxylic acids is 4. The molecule has 0 fully saturated rings. The zero-order valence-corrected chi connectivity index (χ0v) is 16.7. The zero-order valence-electron chi connectivity index (χ0n) is 16.7. The molecule has 2 aliphatic heterocycles. The van der Waals surface area contributed by atoms with Gasteiger partial charge in [-0.25, -0.2) is 0 Å². The Morgan fingerprint density at radius 1 is 1.16 bits per heavy atom. The lowest BCUT2D eigenvalue weighted by molar-refractivity contribution is -0.131. The standard InChI is InChI=1S/C23H22N4O4/c24-11-18(15-4-2-1-3-5-15)21(29)25-12-14-6-7-17-16(10-14)13-27(23(17)31)19-8-9-20(28)26-22(19)30/h1-10,18-19H,11-13,24H2,(H,25,29)(H,26,28,30). The highest BCUT2D eigenvalue weighted by molar-refractivity contribution is 6.09. The summed E-state index contributed by atoms with van der Waals surface area (Å²) in [4.78, 5) is 50.2. The van der Waals surface area contributed by atoms with Crippen LogP contribution < -0.4 is 16.4 Å². The van der Waals surface area contributed by atoms with E-state index in [2.05, 4.69) is 10.6 Å². The third-order valence-electron chi connectivity index (χ3n) is 5.50. The van der Waals surface area contributed by atoms with Gasteiger partial charge in [-0.1, -0.05) is 42.5 Å². The number of fused-ring (bicyclic) bond motifs is 1. The molecule has 8 heteroatoms. The summed E-state index contributed by atoms with van der Waals surface area (Å²) in [6.45, 7) is 0.743. The van der Waals surface area contributed by atoms with E-state index in [0.717, 1.165) is 16.7 Å². The molecule has 0 saturated heterocycles. The van der Waals surface area contributed by atoms with Gasteiger partial charge in [0.1, 0.15) is 6.04 Å². The third kappa shape index (κ3) is 4.10. The Hall–Kier alpha value is -3.78. The van der Waals surface area contributed by atoms with Crippen molar-refractivity contribution in [2.75, 3.05) is 6.54 Å². The maximum Gasteiger partial charge on any atom is 0.255 e. The fraction of sp³-hybridized carbons (Fsp3) is 0.217. The van der Waals surface area contributed by atoms with Crippen molar-refractivity contribution >= 4 is 23.6 Å². The highest BCUT2D eigenvalue weighted by Gasteiger charge is 2.37. The minimum Gasteiger partial charge on any atom is -0.351 e. The van der Waals surface area contributed by atoms with Crippen molar-refractivity contribution in [3.8, 4) is 0 Å². The largest absolute Gasteiger partial charge is 0.351 e. The van der Waals surface area contributed by atoms with Crippen molar-refractivity contribution in [1.82, 2.24) is 15.5 Å². The summed E-state index contributed by atoms with van der Waals surface area (Å²) in [6, 6.07) is 13.9. The normalized spacial score (nSPS) is 18.5.